The van der Waals surface area contributed by atoms with Crippen LogP contribution in [0.2, 0.25) is 0 Å². The first-order valence-corrected chi connectivity index (χ1v) is 10.1. The molecule has 2 aromatic carbocycles. The molecule has 3 aromatic rings. The molecule has 0 atom stereocenters. The van der Waals surface area contributed by atoms with Crippen molar-refractivity contribution in [3.63, 3.8) is 0 Å². The van der Waals surface area contributed by atoms with Crippen molar-refractivity contribution in [1.82, 2.24) is 10.3 Å². The van der Waals surface area contributed by atoms with Gasteiger partial charge in [0.1, 0.15) is 5.82 Å². The minimum absolute atomic E-state index is 0.111. The first kappa shape index (κ1) is 22.9. The molecular weight excluding hydrogens is 453 g/mol. The van der Waals surface area contributed by atoms with E-state index in [9.17, 15) is 22.8 Å². The minimum atomic E-state index is -3.77. The van der Waals surface area contributed by atoms with Gasteiger partial charge in [0.15, 0.2) is 11.5 Å². The fourth-order valence-corrected chi connectivity index (χ4v) is 3.27. The summed E-state index contributed by atoms with van der Waals surface area (Å²) in [5.41, 5.74) is 1.86. The Bertz CT molecular complexity index is 1250. The van der Waals surface area contributed by atoms with Gasteiger partial charge in [-0.3, -0.25) is 14.6 Å². The lowest BCUT2D eigenvalue weighted by Gasteiger charge is -2.13. The van der Waals surface area contributed by atoms with Gasteiger partial charge >= 0.3 is 6.29 Å². The quantitative estimate of drug-likeness (QED) is 0.485. The Hall–Kier alpha value is -4.28. The predicted octanol–water partition coefficient (Wildman–Crippen LogP) is 3.70. The maximum absolute atomic E-state index is 13.9. The molecule has 1 aliphatic rings. The van der Waals surface area contributed by atoms with Crippen LogP contribution in [0.5, 0.6) is 11.5 Å². The van der Waals surface area contributed by atoms with E-state index in [4.69, 9.17) is 0 Å². The number of pyridine rings is 1. The lowest BCUT2D eigenvalue weighted by atomic mass is 10.1. The third kappa shape index (κ3) is 5.37. The van der Waals surface area contributed by atoms with Crippen molar-refractivity contribution in [2.75, 3.05) is 17.7 Å². The number of benzene rings is 2. The average molecular weight is 472 g/mol. The first-order valence-electron chi connectivity index (χ1n) is 10.1. The lowest BCUT2D eigenvalue weighted by molar-refractivity contribution is -0.286. The number of aromatic nitrogens is 1. The average Bonchev–Trinajstić information content (AvgIpc) is 3.11. The van der Waals surface area contributed by atoms with E-state index >= 15 is 0 Å². The third-order valence-electron chi connectivity index (χ3n) is 4.87. The van der Waals surface area contributed by atoms with E-state index in [1.807, 2.05) is 0 Å². The molecule has 11 heteroatoms. The summed E-state index contributed by atoms with van der Waals surface area (Å²) in [6, 6.07) is 10.9. The van der Waals surface area contributed by atoms with Crippen LogP contribution in [0.1, 0.15) is 21.6 Å². The van der Waals surface area contributed by atoms with Crippen molar-refractivity contribution in [1.29, 1.82) is 0 Å². The smallest absolute Gasteiger partial charge is 0.395 e. The monoisotopic (exact) mass is 472 g/mol. The Labute approximate surface area is 192 Å². The third-order valence-corrected chi connectivity index (χ3v) is 4.87. The standard InChI is InChI=1S/C23H19F3N4O4/c1-27-21(31)11-16-8-13(6-7-28-16)12-29-18-9-14(24)2-4-17(18)22(32)30-15-3-5-19-20(10-15)34-23(25,26)33-19/h2-10,29H,11-12H2,1H3,(H,27,31)(H,30,32). The topological polar surface area (TPSA) is 102 Å². The molecule has 176 valence electrons. The molecule has 0 spiro atoms. The Morgan fingerprint density at radius 3 is 2.62 bits per heavy atom. The highest BCUT2D eigenvalue weighted by atomic mass is 19.3. The zero-order chi connectivity index (χ0) is 24.3. The first-order chi connectivity index (χ1) is 16.2. The molecule has 34 heavy (non-hydrogen) atoms. The molecule has 0 radical (unpaired) electrons. The lowest BCUT2D eigenvalue weighted by Crippen LogP contribution is -2.25. The molecule has 0 saturated carbocycles. The van der Waals surface area contributed by atoms with Crippen molar-refractivity contribution in [3.8, 4) is 11.5 Å². The molecule has 0 bridgehead atoms. The van der Waals surface area contributed by atoms with Gasteiger partial charge in [-0.1, -0.05) is 0 Å². The molecule has 1 aliphatic heterocycles. The van der Waals surface area contributed by atoms with Crippen LogP contribution in [0.15, 0.2) is 54.7 Å². The number of amides is 2. The molecule has 1 aromatic heterocycles. The van der Waals surface area contributed by atoms with Crippen molar-refractivity contribution >= 4 is 23.2 Å². The van der Waals surface area contributed by atoms with Crippen LogP contribution in [0.25, 0.3) is 0 Å². The number of anilines is 2. The summed E-state index contributed by atoms with van der Waals surface area (Å²) in [4.78, 5) is 28.6. The second-order valence-electron chi connectivity index (χ2n) is 7.33. The van der Waals surface area contributed by atoms with Crippen LogP contribution in [-0.2, 0) is 17.8 Å². The van der Waals surface area contributed by atoms with Gasteiger partial charge in [-0.15, -0.1) is 8.78 Å². The van der Waals surface area contributed by atoms with Crippen LogP contribution in [0.3, 0.4) is 0 Å². The molecule has 8 nitrogen and oxygen atoms in total. The van der Waals surface area contributed by atoms with Crippen molar-refractivity contribution < 1.29 is 32.2 Å². The van der Waals surface area contributed by atoms with Crippen LogP contribution in [-0.4, -0.2) is 30.1 Å². The number of fused-ring (bicyclic) bond motifs is 1. The van der Waals surface area contributed by atoms with E-state index < -0.39 is 18.0 Å². The predicted molar refractivity (Wildman–Crippen MR) is 116 cm³/mol. The van der Waals surface area contributed by atoms with E-state index in [1.165, 1.54) is 37.4 Å². The summed E-state index contributed by atoms with van der Waals surface area (Å²) in [5, 5.41) is 8.11. The summed E-state index contributed by atoms with van der Waals surface area (Å²) in [5.74, 6) is -1.71. The highest BCUT2D eigenvalue weighted by molar-refractivity contribution is 6.08. The zero-order valence-corrected chi connectivity index (χ0v) is 17.8. The molecule has 4 rings (SSSR count). The molecule has 2 amide bonds. The molecule has 0 fully saturated rings. The Kier molecular flexibility index (Phi) is 6.26. The van der Waals surface area contributed by atoms with Crippen molar-refractivity contribution in [2.45, 2.75) is 19.3 Å². The van der Waals surface area contributed by atoms with Gasteiger partial charge in [0.2, 0.25) is 5.91 Å². The van der Waals surface area contributed by atoms with Crippen LogP contribution in [0.4, 0.5) is 24.5 Å². The number of hydrogen-bond donors (Lipinski definition) is 3. The molecular formula is C23H19F3N4O4. The van der Waals surface area contributed by atoms with E-state index in [-0.39, 0.29) is 47.3 Å². The number of halogens is 3. The van der Waals surface area contributed by atoms with Crippen LogP contribution < -0.4 is 25.4 Å². The van der Waals surface area contributed by atoms with E-state index in [2.05, 4.69) is 30.4 Å². The van der Waals surface area contributed by atoms with Gasteiger partial charge in [0.05, 0.1) is 17.7 Å². The summed E-state index contributed by atoms with van der Waals surface area (Å²) in [7, 11) is 1.53. The van der Waals surface area contributed by atoms with Gasteiger partial charge in [-0.05, 0) is 48.0 Å². The second-order valence-corrected chi connectivity index (χ2v) is 7.33. The van der Waals surface area contributed by atoms with Gasteiger partial charge in [0, 0.05) is 37.2 Å². The van der Waals surface area contributed by atoms with Crippen molar-refractivity contribution in [2.24, 2.45) is 0 Å². The fourth-order valence-electron chi connectivity index (χ4n) is 3.27. The van der Waals surface area contributed by atoms with Gasteiger partial charge in [-0.25, -0.2) is 4.39 Å². The summed E-state index contributed by atoms with van der Waals surface area (Å²) >= 11 is 0. The number of hydrogen-bond acceptors (Lipinski definition) is 6. The zero-order valence-electron chi connectivity index (χ0n) is 17.8. The molecule has 0 saturated heterocycles. The number of nitrogens with one attached hydrogen (secondary N) is 3. The number of carbonyl (C=O) groups excluding carboxylic acids is 2. The number of rotatable bonds is 7. The largest absolute Gasteiger partial charge is 0.586 e. The van der Waals surface area contributed by atoms with Crippen LogP contribution >= 0.6 is 0 Å². The summed E-state index contributed by atoms with van der Waals surface area (Å²) < 4.78 is 49.1. The molecule has 0 unspecified atom stereocenters. The number of carbonyl (C=O) groups is 2. The summed E-state index contributed by atoms with van der Waals surface area (Å²) in [6.45, 7) is 0.228. The van der Waals surface area contributed by atoms with Crippen molar-refractivity contribution in [3.05, 3.63) is 77.4 Å². The number of alkyl halides is 2. The maximum Gasteiger partial charge on any atom is 0.586 e. The maximum atomic E-state index is 13.9. The highest BCUT2D eigenvalue weighted by Crippen LogP contribution is 2.42. The van der Waals surface area contributed by atoms with E-state index in [1.54, 1.807) is 18.3 Å². The number of nitrogens with zero attached hydrogens (tertiary/aromatic N) is 1. The van der Waals surface area contributed by atoms with Gasteiger partial charge in [0.25, 0.3) is 5.91 Å². The number of ether oxygens (including phenoxy) is 2. The normalized spacial score (nSPS) is 13.3. The van der Waals surface area contributed by atoms with Gasteiger partial charge in [-0.2, -0.15) is 0 Å². The molecule has 3 N–H and O–H groups in total. The van der Waals surface area contributed by atoms with E-state index in [0.717, 1.165) is 11.6 Å². The minimum Gasteiger partial charge on any atom is -0.395 e. The Balaban J connectivity index is 1.48. The SMILES string of the molecule is CNC(=O)Cc1cc(CNc2cc(F)ccc2C(=O)Nc2ccc3c(c2)OC(F)(F)O3)ccn1. The fraction of sp³-hybridized carbons (Fsp3) is 0.174. The molecule has 2 heterocycles. The second kappa shape index (κ2) is 9.30. The van der Waals surface area contributed by atoms with Gasteiger partial charge < -0.3 is 25.4 Å². The van der Waals surface area contributed by atoms with E-state index in [0.29, 0.717) is 5.69 Å². The summed E-state index contributed by atoms with van der Waals surface area (Å²) in [6.07, 6.45) is -2.11. The Morgan fingerprint density at radius 2 is 1.82 bits per heavy atom. The highest BCUT2D eigenvalue weighted by Gasteiger charge is 2.43. The van der Waals surface area contributed by atoms with Crippen LogP contribution in [0, 0.1) is 5.82 Å². The molecule has 0 aliphatic carbocycles. The number of likely N-dealkylation sites (N-methyl/N-ethyl adjacent to an activating group) is 1. The Morgan fingerprint density at radius 1 is 1.03 bits per heavy atom.